The number of fused-ring (bicyclic) bond motifs is 4. The van der Waals surface area contributed by atoms with E-state index in [0.717, 1.165) is 18.4 Å². The smallest absolute Gasteiger partial charge is 0.251 e. The first-order chi connectivity index (χ1) is 14.2. The maximum Gasteiger partial charge on any atom is 0.251 e. The molecule has 5 heterocycles. The zero-order valence-corrected chi connectivity index (χ0v) is 17.3. The molecule has 7 heteroatoms. The Morgan fingerprint density at radius 1 is 1.14 bits per heavy atom. The van der Waals surface area contributed by atoms with Gasteiger partial charge >= 0.3 is 0 Å². The van der Waals surface area contributed by atoms with Gasteiger partial charge in [-0.1, -0.05) is 0 Å². The number of hydrogen-bond acceptors (Lipinski definition) is 6. The molecule has 158 valence electrons. The summed E-state index contributed by atoms with van der Waals surface area (Å²) in [6, 6.07) is 5.86. The number of ether oxygens (including phenoxy) is 2. The predicted molar refractivity (Wildman–Crippen MR) is 110 cm³/mol. The number of piperazine rings is 1. The molecular weight excluding hydrogens is 368 g/mol. The van der Waals surface area contributed by atoms with Crippen molar-refractivity contribution in [3.8, 4) is 11.5 Å². The molecule has 0 saturated carbocycles. The molecular formula is C22H32N4O3. The molecule has 6 rings (SSSR count). The van der Waals surface area contributed by atoms with Crippen LogP contribution in [0, 0.1) is 11.8 Å². The number of rotatable bonds is 5. The molecule has 0 aliphatic carbocycles. The predicted octanol–water partition coefficient (Wildman–Crippen LogP) is 1.10. The van der Waals surface area contributed by atoms with Crippen molar-refractivity contribution >= 4 is 5.91 Å². The molecule has 0 radical (unpaired) electrons. The SMILES string of the molecule is CN1CCN(C[C@@H]2CN3CC[C@H]2C[C@@H]3CNC(=O)c2ccc3c(c2)OCO3)CC1. The fraction of sp³-hybridized carbons (Fsp3) is 0.682. The van der Waals surface area contributed by atoms with Crippen LogP contribution >= 0.6 is 0 Å². The van der Waals surface area contributed by atoms with Gasteiger partial charge < -0.3 is 24.6 Å². The van der Waals surface area contributed by atoms with E-state index in [1.165, 1.54) is 58.7 Å². The van der Waals surface area contributed by atoms with Gasteiger partial charge in [0.25, 0.3) is 5.91 Å². The molecule has 4 saturated heterocycles. The van der Waals surface area contributed by atoms with E-state index in [0.29, 0.717) is 23.1 Å². The van der Waals surface area contributed by atoms with Crippen LogP contribution < -0.4 is 14.8 Å². The molecule has 2 bridgehead atoms. The van der Waals surface area contributed by atoms with E-state index in [2.05, 4.69) is 27.1 Å². The molecule has 1 N–H and O–H groups in total. The number of carbonyl (C=O) groups excluding carboxylic acids is 1. The Kier molecular flexibility index (Phi) is 5.37. The Bertz CT molecular complexity index is 750. The lowest BCUT2D eigenvalue weighted by Gasteiger charge is -2.51. The molecule has 5 aliphatic rings. The highest BCUT2D eigenvalue weighted by molar-refractivity contribution is 5.94. The van der Waals surface area contributed by atoms with E-state index >= 15 is 0 Å². The summed E-state index contributed by atoms with van der Waals surface area (Å²) in [5.41, 5.74) is 0.637. The molecule has 0 aromatic heterocycles. The molecule has 1 amide bonds. The Hall–Kier alpha value is -1.83. The van der Waals surface area contributed by atoms with E-state index in [1.807, 2.05) is 12.1 Å². The summed E-state index contributed by atoms with van der Waals surface area (Å²) in [5, 5.41) is 3.15. The molecule has 5 aliphatic heterocycles. The van der Waals surface area contributed by atoms with Crippen LogP contribution in [0.4, 0.5) is 0 Å². The Morgan fingerprint density at radius 2 is 1.97 bits per heavy atom. The minimum atomic E-state index is -0.0278. The highest BCUT2D eigenvalue weighted by atomic mass is 16.7. The molecule has 1 aromatic rings. The second kappa shape index (κ2) is 8.13. The van der Waals surface area contributed by atoms with E-state index in [9.17, 15) is 4.79 Å². The van der Waals surface area contributed by atoms with E-state index in [4.69, 9.17) is 9.47 Å². The lowest BCUT2D eigenvalue weighted by atomic mass is 9.75. The van der Waals surface area contributed by atoms with Crippen LogP contribution in [0.2, 0.25) is 0 Å². The molecule has 1 aromatic carbocycles. The summed E-state index contributed by atoms with van der Waals surface area (Å²) in [4.78, 5) is 20.3. The number of amides is 1. The Labute approximate surface area is 172 Å². The topological polar surface area (TPSA) is 57.3 Å². The summed E-state index contributed by atoms with van der Waals surface area (Å²) in [6.45, 7) is 9.34. The molecule has 4 atom stereocenters. The van der Waals surface area contributed by atoms with Gasteiger partial charge in [0.15, 0.2) is 11.5 Å². The maximum atomic E-state index is 12.6. The van der Waals surface area contributed by atoms with Crippen molar-refractivity contribution in [2.45, 2.75) is 18.9 Å². The van der Waals surface area contributed by atoms with Crippen molar-refractivity contribution in [1.29, 1.82) is 0 Å². The first-order valence-electron chi connectivity index (χ1n) is 11.0. The minimum absolute atomic E-state index is 0.0278. The molecule has 7 nitrogen and oxygen atoms in total. The van der Waals surface area contributed by atoms with Gasteiger partial charge in [-0.15, -0.1) is 0 Å². The third kappa shape index (κ3) is 4.09. The van der Waals surface area contributed by atoms with Crippen molar-refractivity contribution in [3.63, 3.8) is 0 Å². The van der Waals surface area contributed by atoms with Crippen LogP contribution in [-0.2, 0) is 0 Å². The van der Waals surface area contributed by atoms with Crippen molar-refractivity contribution in [3.05, 3.63) is 23.8 Å². The van der Waals surface area contributed by atoms with Crippen LogP contribution in [0.5, 0.6) is 11.5 Å². The highest BCUT2D eigenvalue weighted by Gasteiger charge is 2.40. The normalized spacial score (nSPS) is 31.8. The Balaban J connectivity index is 1.12. The molecule has 0 spiro atoms. The Morgan fingerprint density at radius 3 is 2.76 bits per heavy atom. The van der Waals surface area contributed by atoms with Crippen molar-refractivity contribution < 1.29 is 14.3 Å². The quantitative estimate of drug-likeness (QED) is 0.799. The number of nitrogens with zero attached hydrogens (tertiary/aromatic N) is 3. The van der Waals surface area contributed by atoms with Crippen LogP contribution in [-0.4, -0.2) is 92.8 Å². The first-order valence-corrected chi connectivity index (χ1v) is 11.0. The van der Waals surface area contributed by atoms with Gasteiger partial charge in [-0.05, 0) is 56.5 Å². The second-order valence-corrected chi connectivity index (χ2v) is 9.08. The summed E-state index contributed by atoms with van der Waals surface area (Å²) >= 11 is 0. The standard InChI is InChI=1S/C22H32N4O3/c1-24-6-8-25(9-7-24)13-18-14-26-5-4-16(18)10-19(26)12-23-22(27)17-2-3-20-21(11-17)29-15-28-20/h2-3,11,16,18-19H,4-10,12-15H2,1H3,(H,23,27)/t16-,18+,19+/m0/s1. The number of benzene rings is 1. The van der Waals surface area contributed by atoms with Crippen molar-refractivity contribution in [2.24, 2.45) is 11.8 Å². The summed E-state index contributed by atoms with van der Waals surface area (Å²) in [5.74, 6) is 2.92. The zero-order chi connectivity index (χ0) is 19.8. The van der Waals surface area contributed by atoms with Crippen LogP contribution in [0.25, 0.3) is 0 Å². The second-order valence-electron chi connectivity index (χ2n) is 9.08. The van der Waals surface area contributed by atoms with Gasteiger partial charge in [-0.2, -0.15) is 0 Å². The van der Waals surface area contributed by atoms with Gasteiger partial charge in [0.1, 0.15) is 0 Å². The first kappa shape index (κ1) is 19.2. The monoisotopic (exact) mass is 400 g/mol. The third-order valence-corrected chi connectivity index (χ3v) is 7.24. The molecule has 1 unspecified atom stereocenters. The van der Waals surface area contributed by atoms with E-state index in [1.54, 1.807) is 6.07 Å². The fourth-order valence-corrected chi connectivity index (χ4v) is 5.38. The minimum Gasteiger partial charge on any atom is -0.454 e. The largest absolute Gasteiger partial charge is 0.454 e. The molecule has 29 heavy (non-hydrogen) atoms. The average Bonchev–Trinajstić information content (AvgIpc) is 3.22. The van der Waals surface area contributed by atoms with E-state index in [-0.39, 0.29) is 12.7 Å². The average molecular weight is 401 g/mol. The number of piperidine rings is 3. The number of carbonyl (C=O) groups is 1. The number of hydrogen-bond donors (Lipinski definition) is 1. The third-order valence-electron chi connectivity index (χ3n) is 7.24. The van der Waals surface area contributed by atoms with Gasteiger partial charge in [0, 0.05) is 57.4 Å². The number of nitrogens with one attached hydrogen (secondary N) is 1. The zero-order valence-electron chi connectivity index (χ0n) is 17.3. The lowest BCUT2D eigenvalue weighted by Crippen LogP contribution is -2.59. The van der Waals surface area contributed by atoms with Crippen LogP contribution in [0.1, 0.15) is 23.2 Å². The van der Waals surface area contributed by atoms with E-state index < -0.39 is 0 Å². The summed E-state index contributed by atoms with van der Waals surface area (Å²) in [6.07, 6.45) is 2.52. The maximum absolute atomic E-state index is 12.6. The fourth-order valence-electron chi connectivity index (χ4n) is 5.38. The molecule has 4 fully saturated rings. The summed E-state index contributed by atoms with van der Waals surface area (Å²) < 4.78 is 10.7. The van der Waals surface area contributed by atoms with Gasteiger partial charge in [0.2, 0.25) is 6.79 Å². The summed E-state index contributed by atoms with van der Waals surface area (Å²) in [7, 11) is 2.22. The van der Waals surface area contributed by atoms with Crippen LogP contribution in [0.15, 0.2) is 18.2 Å². The van der Waals surface area contributed by atoms with Gasteiger partial charge in [-0.25, -0.2) is 0 Å². The van der Waals surface area contributed by atoms with Gasteiger partial charge in [-0.3, -0.25) is 9.69 Å². The van der Waals surface area contributed by atoms with Crippen molar-refractivity contribution in [2.75, 3.05) is 66.2 Å². The highest BCUT2D eigenvalue weighted by Crippen LogP contribution is 2.37. The number of likely N-dealkylation sites (N-methyl/N-ethyl adjacent to an activating group) is 1. The van der Waals surface area contributed by atoms with Crippen molar-refractivity contribution in [1.82, 2.24) is 20.0 Å². The van der Waals surface area contributed by atoms with Gasteiger partial charge in [0.05, 0.1) is 0 Å². The van der Waals surface area contributed by atoms with Crippen LogP contribution in [0.3, 0.4) is 0 Å². The lowest BCUT2D eigenvalue weighted by molar-refractivity contribution is -0.0160.